The quantitative estimate of drug-likeness (QED) is 0.313. The van der Waals surface area contributed by atoms with E-state index in [2.05, 4.69) is 16.0 Å². The maximum atomic E-state index is 13.1. The van der Waals surface area contributed by atoms with Crippen LogP contribution < -0.4 is 16.0 Å². The minimum Gasteiger partial charge on any atom is -0.378 e. The molecule has 148 valence electrons. The zero-order chi connectivity index (χ0) is 19.1. The van der Waals surface area contributed by atoms with Gasteiger partial charge in [-0.2, -0.15) is 0 Å². The number of ether oxygens (including phenoxy) is 3. The Hall–Kier alpha value is -0.800. The molecule has 0 spiro atoms. The van der Waals surface area contributed by atoms with Crippen LogP contribution in [0.2, 0.25) is 0 Å². The molecule has 0 rings (SSSR count). The van der Waals surface area contributed by atoms with Crippen LogP contribution >= 0.6 is 0 Å². The molecular formula is C16H38FN3O4. The van der Waals surface area contributed by atoms with Crippen molar-refractivity contribution >= 4 is 6.41 Å². The fraction of sp³-hybridized carbons (Fsp3) is 0.938. The van der Waals surface area contributed by atoms with Crippen LogP contribution in [0.1, 0.15) is 20.8 Å². The molecule has 2 unspecified atom stereocenters. The summed E-state index contributed by atoms with van der Waals surface area (Å²) in [4.78, 5) is 9.95. The summed E-state index contributed by atoms with van der Waals surface area (Å²) in [6, 6.07) is 0. The van der Waals surface area contributed by atoms with Crippen molar-refractivity contribution in [1.29, 1.82) is 0 Å². The van der Waals surface area contributed by atoms with Crippen LogP contribution in [0.3, 0.4) is 0 Å². The first-order valence-corrected chi connectivity index (χ1v) is 8.43. The Kier molecular flexibility index (Phi) is 31.6. The van der Waals surface area contributed by atoms with E-state index in [4.69, 9.17) is 14.2 Å². The van der Waals surface area contributed by atoms with Crippen LogP contribution in [0.25, 0.3) is 0 Å². The normalized spacial score (nSPS) is 12.1. The largest absolute Gasteiger partial charge is 0.378 e. The summed E-state index contributed by atoms with van der Waals surface area (Å²) in [5.74, 6) is 0. The third kappa shape index (κ3) is 29.2. The second-order valence-electron chi connectivity index (χ2n) is 4.56. The molecule has 2 atom stereocenters. The van der Waals surface area contributed by atoms with Crippen LogP contribution in [0.15, 0.2) is 0 Å². The van der Waals surface area contributed by atoms with Crippen molar-refractivity contribution < 1.29 is 23.4 Å². The third-order valence-corrected chi connectivity index (χ3v) is 2.20. The highest BCUT2D eigenvalue weighted by atomic mass is 19.1. The molecular weight excluding hydrogens is 317 g/mol. The Morgan fingerprint density at radius 2 is 1.67 bits per heavy atom. The fourth-order valence-electron chi connectivity index (χ4n) is 1.23. The summed E-state index contributed by atoms with van der Waals surface area (Å²) < 4.78 is 28.9. The lowest BCUT2D eigenvalue weighted by atomic mass is 10.4. The van der Waals surface area contributed by atoms with E-state index in [1.54, 1.807) is 0 Å². The molecule has 0 aromatic rings. The fourth-order valence-corrected chi connectivity index (χ4v) is 1.23. The second kappa shape index (κ2) is 27.1. The summed E-state index contributed by atoms with van der Waals surface area (Å²) in [6.45, 7) is 8.57. The van der Waals surface area contributed by atoms with Crippen LogP contribution in [0.4, 0.5) is 4.39 Å². The number of carbonyl (C=O) groups is 1. The van der Waals surface area contributed by atoms with Crippen molar-refractivity contribution in [3.63, 3.8) is 0 Å². The first kappa shape index (κ1) is 28.0. The van der Waals surface area contributed by atoms with E-state index < -0.39 is 6.17 Å². The molecule has 0 aliphatic carbocycles. The van der Waals surface area contributed by atoms with E-state index in [0.717, 1.165) is 6.54 Å². The van der Waals surface area contributed by atoms with Gasteiger partial charge in [-0.05, 0) is 28.1 Å². The van der Waals surface area contributed by atoms with Gasteiger partial charge in [0, 0.05) is 6.54 Å². The second-order valence-corrected chi connectivity index (χ2v) is 4.56. The monoisotopic (exact) mass is 355 g/mol. The van der Waals surface area contributed by atoms with E-state index in [1.807, 2.05) is 41.9 Å². The average Bonchev–Trinajstić information content (AvgIpc) is 2.58. The van der Waals surface area contributed by atoms with Crippen molar-refractivity contribution in [3.8, 4) is 0 Å². The summed E-state index contributed by atoms with van der Waals surface area (Å²) >= 11 is 0. The predicted octanol–water partition coefficient (Wildman–Crippen LogP) is 0.590. The standard InChI is InChI=1S/C12H25FN2O4.C2H7N.C2H6/c1-11(19-6-5-17-4-3-14-2)8-18-9-12(13)7-15-10-16;1-3-2;1-2/h10-12,14H,3-9H2,1-2H3,(H,15,16);3H,1-2H3;1-2H3. The number of amides is 1. The van der Waals surface area contributed by atoms with Crippen LogP contribution in [0.5, 0.6) is 0 Å². The smallest absolute Gasteiger partial charge is 0.207 e. The van der Waals surface area contributed by atoms with Gasteiger partial charge < -0.3 is 30.2 Å². The Labute approximate surface area is 147 Å². The molecule has 0 radical (unpaired) electrons. The molecule has 7 nitrogen and oxygen atoms in total. The number of likely N-dealkylation sites (N-methyl/N-ethyl adjacent to an activating group) is 1. The summed E-state index contributed by atoms with van der Waals surface area (Å²) in [5.41, 5.74) is 0. The van der Waals surface area contributed by atoms with E-state index in [1.165, 1.54) is 0 Å². The molecule has 24 heavy (non-hydrogen) atoms. The molecule has 0 aromatic carbocycles. The van der Waals surface area contributed by atoms with Gasteiger partial charge in [0.2, 0.25) is 6.41 Å². The average molecular weight is 355 g/mol. The molecule has 8 heteroatoms. The van der Waals surface area contributed by atoms with Gasteiger partial charge in [0.05, 0.1) is 45.7 Å². The van der Waals surface area contributed by atoms with E-state index in [0.29, 0.717) is 32.8 Å². The molecule has 0 saturated heterocycles. The molecule has 0 saturated carbocycles. The van der Waals surface area contributed by atoms with Gasteiger partial charge in [-0.1, -0.05) is 13.8 Å². The lowest BCUT2D eigenvalue weighted by Crippen LogP contribution is -2.28. The first-order valence-electron chi connectivity index (χ1n) is 8.43. The zero-order valence-electron chi connectivity index (χ0n) is 16.2. The van der Waals surface area contributed by atoms with Gasteiger partial charge in [-0.3, -0.25) is 4.79 Å². The summed E-state index contributed by atoms with van der Waals surface area (Å²) in [6.07, 6.45) is -0.840. The number of rotatable bonds is 14. The van der Waals surface area contributed by atoms with Crippen molar-refractivity contribution in [2.24, 2.45) is 0 Å². The number of halogens is 1. The van der Waals surface area contributed by atoms with Gasteiger partial charge in [-0.15, -0.1) is 0 Å². The number of nitrogens with one attached hydrogen (secondary N) is 3. The number of carbonyl (C=O) groups excluding carboxylic acids is 1. The molecule has 0 fully saturated rings. The Morgan fingerprint density at radius 3 is 2.21 bits per heavy atom. The van der Waals surface area contributed by atoms with Crippen molar-refractivity contribution in [1.82, 2.24) is 16.0 Å². The minimum absolute atomic E-state index is 0.0297. The predicted molar refractivity (Wildman–Crippen MR) is 96.3 cm³/mol. The lowest BCUT2D eigenvalue weighted by Gasteiger charge is -2.14. The number of alkyl halides is 1. The summed E-state index contributed by atoms with van der Waals surface area (Å²) in [7, 11) is 5.61. The number of hydrogen-bond donors (Lipinski definition) is 3. The van der Waals surface area contributed by atoms with Gasteiger partial charge in [0.15, 0.2) is 0 Å². The van der Waals surface area contributed by atoms with Crippen molar-refractivity contribution in [2.75, 3.05) is 67.3 Å². The van der Waals surface area contributed by atoms with Crippen LogP contribution in [0, 0.1) is 0 Å². The molecule has 0 aliphatic heterocycles. The zero-order valence-corrected chi connectivity index (χ0v) is 16.2. The summed E-state index contributed by atoms with van der Waals surface area (Å²) in [5, 5.41) is 7.98. The van der Waals surface area contributed by atoms with E-state index >= 15 is 0 Å². The molecule has 0 aromatic heterocycles. The van der Waals surface area contributed by atoms with Crippen LogP contribution in [-0.2, 0) is 19.0 Å². The Bertz CT molecular complexity index is 227. The van der Waals surface area contributed by atoms with Crippen LogP contribution in [-0.4, -0.2) is 86.0 Å². The maximum absolute atomic E-state index is 13.1. The molecule has 1 amide bonds. The highest BCUT2D eigenvalue weighted by Gasteiger charge is 2.08. The highest BCUT2D eigenvalue weighted by Crippen LogP contribution is 1.95. The highest BCUT2D eigenvalue weighted by molar-refractivity contribution is 5.45. The first-order chi connectivity index (χ1) is 11.6. The van der Waals surface area contributed by atoms with Crippen molar-refractivity contribution in [3.05, 3.63) is 0 Å². The third-order valence-electron chi connectivity index (χ3n) is 2.20. The van der Waals surface area contributed by atoms with Gasteiger partial charge in [-0.25, -0.2) is 4.39 Å². The van der Waals surface area contributed by atoms with E-state index in [-0.39, 0.29) is 19.3 Å². The van der Waals surface area contributed by atoms with Gasteiger partial charge >= 0.3 is 0 Å². The lowest BCUT2D eigenvalue weighted by molar-refractivity contribution is -0.109. The van der Waals surface area contributed by atoms with E-state index in [9.17, 15) is 9.18 Å². The number of hydrogen-bond acceptors (Lipinski definition) is 6. The SMILES string of the molecule is CC.CNC.CNCCOCCOC(C)COCC(F)CNC=O. The van der Waals surface area contributed by atoms with Gasteiger partial charge in [0.25, 0.3) is 0 Å². The molecule has 3 N–H and O–H groups in total. The van der Waals surface area contributed by atoms with Crippen molar-refractivity contribution in [2.45, 2.75) is 33.0 Å². The Morgan fingerprint density at radius 1 is 1.04 bits per heavy atom. The Balaban J connectivity index is -0.000000786. The minimum atomic E-state index is -1.19. The topological polar surface area (TPSA) is 80.8 Å². The van der Waals surface area contributed by atoms with Gasteiger partial charge in [0.1, 0.15) is 6.17 Å². The molecule has 0 bridgehead atoms. The maximum Gasteiger partial charge on any atom is 0.207 e. The molecule has 0 aliphatic rings. The molecule has 0 heterocycles.